The van der Waals surface area contributed by atoms with Crippen molar-refractivity contribution in [1.29, 1.82) is 0 Å². The molecule has 0 spiro atoms. The predicted octanol–water partition coefficient (Wildman–Crippen LogP) is 0.992. The Bertz CT molecular complexity index is 620. The van der Waals surface area contributed by atoms with Gasteiger partial charge in [0.2, 0.25) is 0 Å². The van der Waals surface area contributed by atoms with Crippen LogP contribution >= 0.6 is 0 Å². The quantitative estimate of drug-likeness (QED) is 0.870. The molecule has 1 fully saturated rings. The Morgan fingerprint density at radius 2 is 2.04 bits per heavy atom. The van der Waals surface area contributed by atoms with E-state index < -0.39 is 24.2 Å². The van der Waals surface area contributed by atoms with Crippen LogP contribution in [0.1, 0.15) is 12.5 Å². The monoisotopic (exact) mass is 349 g/mol. The van der Waals surface area contributed by atoms with E-state index in [1.807, 2.05) is 30.3 Å². The van der Waals surface area contributed by atoms with Crippen LogP contribution in [-0.4, -0.2) is 66.6 Å². The second kappa shape index (κ2) is 8.59. The zero-order valence-electron chi connectivity index (χ0n) is 14.4. The fourth-order valence-electron chi connectivity index (χ4n) is 2.46. The number of imide groups is 1. The minimum Gasteiger partial charge on any atom is -0.444 e. The van der Waals surface area contributed by atoms with Gasteiger partial charge < -0.3 is 20.1 Å². The first-order valence-electron chi connectivity index (χ1n) is 8.04. The summed E-state index contributed by atoms with van der Waals surface area (Å²) in [5, 5.41) is 0. The molecule has 0 radical (unpaired) electrons. The molecule has 136 valence electrons. The summed E-state index contributed by atoms with van der Waals surface area (Å²) in [5.74, 6) is -0.306. The molecule has 2 N–H and O–H groups in total. The second-order valence-corrected chi connectivity index (χ2v) is 5.86. The van der Waals surface area contributed by atoms with Gasteiger partial charge in [0.15, 0.2) is 5.78 Å². The maximum absolute atomic E-state index is 12.6. The number of carbonyl (C=O) groups is 3. The van der Waals surface area contributed by atoms with Crippen molar-refractivity contribution in [3.63, 3.8) is 0 Å². The lowest BCUT2D eigenvalue weighted by Gasteiger charge is -2.36. The third-order valence-corrected chi connectivity index (χ3v) is 3.92. The van der Waals surface area contributed by atoms with Crippen molar-refractivity contribution in [2.45, 2.75) is 25.6 Å². The molecular weight excluding hydrogens is 326 g/mol. The van der Waals surface area contributed by atoms with Crippen molar-refractivity contribution in [2.75, 3.05) is 26.8 Å². The molecule has 8 heteroatoms. The highest BCUT2D eigenvalue weighted by Crippen LogP contribution is 2.13. The molecule has 2 rings (SSSR count). The first-order valence-corrected chi connectivity index (χ1v) is 8.04. The number of rotatable bonds is 4. The van der Waals surface area contributed by atoms with E-state index in [1.54, 1.807) is 6.92 Å². The number of carbonyl (C=O) groups excluding carboxylic acids is 3. The van der Waals surface area contributed by atoms with E-state index in [4.69, 9.17) is 15.2 Å². The van der Waals surface area contributed by atoms with Crippen molar-refractivity contribution in [1.82, 2.24) is 9.80 Å². The van der Waals surface area contributed by atoms with Crippen LogP contribution < -0.4 is 5.73 Å². The molecule has 8 nitrogen and oxygen atoms in total. The maximum Gasteiger partial charge on any atom is 0.418 e. The molecule has 2 atom stereocenters. The molecule has 1 aromatic rings. The molecule has 1 saturated heterocycles. The molecule has 25 heavy (non-hydrogen) atoms. The molecular formula is C17H23N3O5. The number of Topliss-reactive ketones (excluding diaryl/α,β-unsaturated/α-hetero) is 1. The number of ketones is 1. The van der Waals surface area contributed by atoms with Crippen molar-refractivity contribution in [2.24, 2.45) is 5.73 Å². The predicted molar refractivity (Wildman–Crippen MR) is 89.8 cm³/mol. The van der Waals surface area contributed by atoms with Crippen LogP contribution in [0.2, 0.25) is 0 Å². The van der Waals surface area contributed by atoms with Crippen LogP contribution in [0.4, 0.5) is 9.59 Å². The van der Waals surface area contributed by atoms with Gasteiger partial charge in [0.25, 0.3) is 0 Å². The molecule has 0 saturated carbocycles. The Morgan fingerprint density at radius 1 is 1.36 bits per heavy atom. The Morgan fingerprint density at radius 3 is 2.68 bits per heavy atom. The van der Waals surface area contributed by atoms with Gasteiger partial charge in [-0.3, -0.25) is 4.79 Å². The minimum absolute atomic E-state index is 0.0581. The number of morpholine rings is 1. The van der Waals surface area contributed by atoms with Gasteiger partial charge in [-0.2, -0.15) is 0 Å². The summed E-state index contributed by atoms with van der Waals surface area (Å²) in [4.78, 5) is 39.1. The molecule has 3 amide bonds. The summed E-state index contributed by atoms with van der Waals surface area (Å²) >= 11 is 0. The zero-order valence-corrected chi connectivity index (χ0v) is 14.4. The van der Waals surface area contributed by atoms with Gasteiger partial charge in [0.1, 0.15) is 12.6 Å². The lowest BCUT2D eigenvalue weighted by Crippen LogP contribution is -2.59. The van der Waals surface area contributed by atoms with Crippen LogP contribution in [0.5, 0.6) is 0 Å². The summed E-state index contributed by atoms with van der Waals surface area (Å²) in [6.45, 7) is 2.18. The fraction of sp³-hybridized carbons (Fsp3) is 0.471. The Kier molecular flexibility index (Phi) is 6.49. The number of hydrogen-bond acceptors (Lipinski definition) is 6. The molecule has 1 aliphatic heterocycles. The van der Waals surface area contributed by atoms with Gasteiger partial charge >= 0.3 is 12.1 Å². The SMILES string of the molecule is C[C@H](N)C(=O)C1COCCN1C(=O)N(C)C(=O)OCc1ccccc1. The van der Waals surface area contributed by atoms with Crippen molar-refractivity contribution in [3.8, 4) is 0 Å². The number of nitrogens with zero attached hydrogens (tertiary/aromatic N) is 2. The number of urea groups is 1. The lowest BCUT2D eigenvalue weighted by atomic mass is 10.1. The van der Waals surface area contributed by atoms with E-state index in [9.17, 15) is 14.4 Å². The second-order valence-electron chi connectivity index (χ2n) is 5.86. The summed E-state index contributed by atoms with van der Waals surface area (Å²) in [6.07, 6.45) is -0.785. The van der Waals surface area contributed by atoms with Crippen LogP contribution in [0, 0.1) is 0 Å². The summed E-state index contributed by atoms with van der Waals surface area (Å²) in [7, 11) is 1.32. The average Bonchev–Trinajstić information content (AvgIpc) is 2.65. The number of benzene rings is 1. The fourth-order valence-corrected chi connectivity index (χ4v) is 2.46. The van der Waals surface area contributed by atoms with Gasteiger partial charge in [-0.25, -0.2) is 14.5 Å². The van der Waals surface area contributed by atoms with Gasteiger partial charge in [-0.05, 0) is 12.5 Å². The van der Waals surface area contributed by atoms with E-state index in [2.05, 4.69) is 0 Å². The third kappa shape index (κ3) is 4.77. The highest BCUT2D eigenvalue weighted by molar-refractivity contribution is 5.96. The van der Waals surface area contributed by atoms with E-state index in [-0.39, 0.29) is 25.5 Å². The molecule has 1 heterocycles. The van der Waals surface area contributed by atoms with Crippen LogP contribution in [-0.2, 0) is 20.9 Å². The number of hydrogen-bond donors (Lipinski definition) is 1. The molecule has 0 aliphatic carbocycles. The van der Waals surface area contributed by atoms with Crippen molar-refractivity contribution >= 4 is 17.9 Å². The highest BCUT2D eigenvalue weighted by atomic mass is 16.6. The van der Waals surface area contributed by atoms with E-state index in [0.717, 1.165) is 10.5 Å². The topological polar surface area (TPSA) is 102 Å². The molecule has 1 unspecified atom stereocenters. The number of ether oxygens (including phenoxy) is 2. The molecule has 0 bridgehead atoms. The maximum atomic E-state index is 12.6. The van der Waals surface area contributed by atoms with Crippen molar-refractivity contribution in [3.05, 3.63) is 35.9 Å². The Labute approximate surface area is 146 Å². The lowest BCUT2D eigenvalue weighted by molar-refractivity contribution is -0.129. The summed E-state index contributed by atoms with van der Waals surface area (Å²) in [5.41, 5.74) is 6.44. The Hall–Kier alpha value is -2.45. The number of nitrogens with two attached hydrogens (primary N) is 1. The van der Waals surface area contributed by atoms with Gasteiger partial charge in [-0.1, -0.05) is 30.3 Å². The van der Waals surface area contributed by atoms with E-state index in [0.29, 0.717) is 6.61 Å². The van der Waals surface area contributed by atoms with Gasteiger partial charge in [0, 0.05) is 13.6 Å². The third-order valence-electron chi connectivity index (χ3n) is 3.92. The summed E-state index contributed by atoms with van der Waals surface area (Å²) in [6, 6.07) is 7.01. The molecule has 0 aromatic heterocycles. The standard InChI is InChI=1S/C17H23N3O5/c1-12(18)15(21)14-11-24-9-8-20(14)16(22)19(2)17(23)25-10-13-6-4-3-5-7-13/h3-7,12,14H,8-11,18H2,1-2H3/t12-,14?/m0/s1. The number of amides is 3. The molecule has 1 aromatic carbocycles. The first-order chi connectivity index (χ1) is 11.9. The minimum atomic E-state index is -0.800. The van der Waals surface area contributed by atoms with Crippen LogP contribution in [0.25, 0.3) is 0 Å². The normalized spacial score (nSPS) is 18.4. The van der Waals surface area contributed by atoms with Crippen LogP contribution in [0.3, 0.4) is 0 Å². The highest BCUT2D eigenvalue weighted by Gasteiger charge is 2.37. The van der Waals surface area contributed by atoms with Crippen molar-refractivity contribution < 1.29 is 23.9 Å². The van der Waals surface area contributed by atoms with E-state index in [1.165, 1.54) is 11.9 Å². The van der Waals surface area contributed by atoms with Crippen LogP contribution in [0.15, 0.2) is 30.3 Å². The smallest absolute Gasteiger partial charge is 0.418 e. The average molecular weight is 349 g/mol. The zero-order chi connectivity index (χ0) is 18.4. The summed E-state index contributed by atoms with van der Waals surface area (Å²) < 4.78 is 10.4. The Balaban J connectivity index is 1.99. The molecule has 1 aliphatic rings. The first kappa shape index (κ1) is 18.9. The largest absolute Gasteiger partial charge is 0.444 e. The van der Waals surface area contributed by atoms with Gasteiger partial charge in [0.05, 0.1) is 19.3 Å². The van der Waals surface area contributed by atoms with Gasteiger partial charge in [-0.15, -0.1) is 0 Å². The van der Waals surface area contributed by atoms with E-state index >= 15 is 0 Å².